The Morgan fingerprint density at radius 1 is 0.875 bits per heavy atom. The van der Waals surface area contributed by atoms with Gasteiger partial charge in [0.2, 0.25) is 0 Å². The average Bonchev–Trinajstić information content (AvgIpc) is 3.46. The van der Waals surface area contributed by atoms with Crippen molar-refractivity contribution in [3.05, 3.63) is 108 Å². The summed E-state index contributed by atoms with van der Waals surface area (Å²) >= 11 is 1.63. The maximum Gasteiger partial charge on any atom is 0.196 e. The van der Waals surface area contributed by atoms with Crippen LogP contribution in [0.15, 0.2) is 96.7 Å². The molecule has 0 atom stereocenters. The average molecular weight is 439 g/mol. The zero-order chi connectivity index (χ0) is 21.8. The van der Waals surface area contributed by atoms with Crippen LogP contribution in [0.2, 0.25) is 0 Å². The fourth-order valence-electron chi connectivity index (χ4n) is 3.61. The molecule has 0 unspecified atom stereocenters. The van der Waals surface area contributed by atoms with Crippen LogP contribution in [-0.2, 0) is 12.3 Å². The highest BCUT2D eigenvalue weighted by Gasteiger charge is 2.18. The van der Waals surface area contributed by atoms with Gasteiger partial charge in [0.15, 0.2) is 11.0 Å². The predicted molar refractivity (Wildman–Crippen MR) is 127 cm³/mol. The first-order valence-electron chi connectivity index (χ1n) is 10.4. The van der Waals surface area contributed by atoms with E-state index in [0.717, 1.165) is 40.2 Å². The molecule has 0 N–H and O–H groups in total. The summed E-state index contributed by atoms with van der Waals surface area (Å²) in [6.07, 6.45) is 7.46. The van der Waals surface area contributed by atoms with Gasteiger partial charge in [0.1, 0.15) is 5.82 Å². The van der Waals surface area contributed by atoms with Crippen LogP contribution in [0.4, 0.5) is 0 Å². The molecule has 5 rings (SSSR count). The minimum absolute atomic E-state index is 0.691. The van der Waals surface area contributed by atoms with Gasteiger partial charge in [0, 0.05) is 36.9 Å². The lowest BCUT2D eigenvalue weighted by atomic mass is 10.2. The van der Waals surface area contributed by atoms with E-state index in [9.17, 15) is 0 Å². The number of pyridine rings is 1. The van der Waals surface area contributed by atoms with E-state index >= 15 is 0 Å². The molecule has 158 valence electrons. The quantitative estimate of drug-likeness (QED) is 0.328. The van der Waals surface area contributed by atoms with Crippen molar-refractivity contribution in [2.75, 3.05) is 0 Å². The number of para-hydroxylation sites is 1. The maximum atomic E-state index is 4.59. The first-order chi connectivity index (χ1) is 15.8. The largest absolute Gasteiger partial charge is 0.330 e. The number of aromatic nitrogens is 6. The Hall–Kier alpha value is -3.71. The minimum Gasteiger partial charge on any atom is -0.330 e. The molecule has 32 heavy (non-hydrogen) atoms. The molecule has 0 bridgehead atoms. The second-order valence-electron chi connectivity index (χ2n) is 7.42. The number of nitrogens with zero attached hydrogens (tertiary/aromatic N) is 6. The van der Waals surface area contributed by atoms with Crippen LogP contribution in [0.3, 0.4) is 0 Å². The van der Waals surface area contributed by atoms with Gasteiger partial charge in [0.25, 0.3) is 0 Å². The fraction of sp³-hybridized carbons (Fsp3) is 0.120. The first kappa shape index (κ1) is 20.2. The highest BCUT2D eigenvalue weighted by Crippen LogP contribution is 2.30. The Kier molecular flexibility index (Phi) is 5.81. The molecule has 0 radical (unpaired) electrons. The summed E-state index contributed by atoms with van der Waals surface area (Å²) in [6, 6.07) is 22.6. The molecule has 0 saturated carbocycles. The highest BCUT2D eigenvalue weighted by molar-refractivity contribution is 7.98. The summed E-state index contributed by atoms with van der Waals surface area (Å²) in [7, 11) is 0. The van der Waals surface area contributed by atoms with Crippen molar-refractivity contribution in [1.82, 2.24) is 29.3 Å². The van der Waals surface area contributed by atoms with E-state index in [-0.39, 0.29) is 0 Å². The lowest BCUT2D eigenvalue weighted by Gasteiger charge is -2.13. The van der Waals surface area contributed by atoms with E-state index in [1.54, 1.807) is 18.0 Å². The van der Waals surface area contributed by atoms with Crippen LogP contribution in [0, 0.1) is 6.92 Å². The van der Waals surface area contributed by atoms with E-state index < -0.39 is 0 Å². The molecule has 0 amide bonds. The third-order valence-electron chi connectivity index (χ3n) is 5.24. The van der Waals surface area contributed by atoms with Crippen molar-refractivity contribution in [3.63, 3.8) is 0 Å². The van der Waals surface area contributed by atoms with Gasteiger partial charge >= 0.3 is 0 Å². The summed E-state index contributed by atoms with van der Waals surface area (Å²) in [6.45, 7) is 2.89. The normalized spacial score (nSPS) is 11.0. The smallest absolute Gasteiger partial charge is 0.196 e. The summed E-state index contributed by atoms with van der Waals surface area (Å²) in [5, 5.41) is 9.88. The van der Waals surface area contributed by atoms with Crippen LogP contribution in [0.25, 0.3) is 17.1 Å². The third kappa shape index (κ3) is 4.20. The Morgan fingerprint density at radius 3 is 2.53 bits per heavy atom. The molecule has 6 nitrogen and oxygen atoms in total. The minimum atomic E-state index is 0.691. The molecule has 7 heteroatoms. The number of hydrogen-bond donors (Lipinski definition) is 0. The molecule has 0 saturated heterocycles. The SMILES string of the molecule is Cc1ccccc1-n1c(SCc2nccn2Cc2ccccc2)nnc1-c1cccnc1. The van der Waals surface area contributed by atoms with Crippen molar-refractivity contribution in [3.8, 4) is 17.1 Å². The van der Waals surface area contributed by atoms with E-state index in [4.69, 9.17) is 0 Å². The summed E-state index contributed by atoms with van der Waals surface area (Å²) in [5.74, 6) is 2.47. The first-order valence-corrected chi connectivity index (χ1v) is 11.4. The topological polar surface area (TPSA) is 61.4 Å². The monoisotopic (exact) mass is 438 g/mol. The van der Waals surface area contributed by atoms with Crippen molar-refractivity contribution >= 4 is 11.8 Å². The summed E-state index contributed by atoms with van der Waals surface area (Å²) < 4.78 is 4.29. The predicted octanol–water partition coefficient (Wildman–Crippen LogP) is 5.17. The van der Waals surface area contributed by atoms with Crippen LogP contribution in [-0.4, -0.2) is 29.3 Å². The third-order valence-corrected chi connectivity index (χ3v) is 6.16. The lowest BCUT2D eigenvalue weighted by Crippen LogP contribution is -2.05. The van der Waals surface area contributed by atoms with Crippen LogP contribution in [0.5, 0.6) is 0 Å². The summed E-state index contributed by atoms with van der Waals surface area (Å²) in [5.41, 5.74) is 4.40. The van der Waals surface area contributed by atoms with Gasteiger partial charge in [-0.05, 0) is 36.2 Å². The Bertz CT molecular complexity index is 1310. The van der Waals surface area contributed by atoms with Crippen molar-refractivity contribution in [2.24, 2.45) is 0 Å². The second-order valence-corrected chi connectivity index (χ2v) is 8.36. The Morgan fingerprint density at radius 2 is 1.72 bits per heavy atom. The zero-order valence-corrected chi connectivity index (χ0v) is 18.5. The van der Waals surface area contributed by atoms with E-state index in [2.05, 4.69) is 72.6 Å². The number of thioether (sulfide) groups is 1. The van der Waals surface area contributed by atoms with Crippen molar-refractivity contribution in [2.45, 2.75) is 24.4 Å². The number of hydrogen-bond acceptors (Lipinski definition) is 5. The van der Waals surface area contributed by atoms with E-state index in [1.807, 2.05) is 48.9 Å². The number of aryl methyl sites for hydroxylation is 1. The highest BCUT2D eigenvalue weighted by atomic mass is 32.2. The number of benzene rings is 2. The van der Waals surface area contributed by atoms with Gasteiger partial charge in [-0.1, -0.05) is 60.3 Å². The standard InChI is InChI=1S/C25H22N6S/c1-19-8-5-6-12-22(19)31-24(21-11-7-13-26-16-21)28-29-25(31)32-18-23-27-14-15-30(23)17-20-9-3-2-4-10-20/h2-16H,17-18H2,1H3. The Balaban J connectivity index is 1.46. The van der Waals surface area contributed by atoms with Crippen molar-refractivity contribution in [1.29, 1.82) is 0 Å². The van der Waals surface area contributed by atoms with Gasteiger partial charge in [-0.2, -0.15) is 0 Å². The molecular weight excluding hydrogens is 416 g/mol. The van der Waals surface area contributed by atoms with Gasteiger partial charge in [-0.15, -0.1) is 10.2 Å². The molecule has 0 aliphatic carbocycles. The molecule has 3 heterocycles. The van der Waals surface area contributed by atoms with E-state index in [1.165, 1.54) is 5.56 Å². The molecule has 3 aromatic heterocycles. The number of rotatable bonds is 7. The molecule has 0 spiro atoms. The molecule has 0 aliphatic heterocycles. The van der Waals surface area contributed by atoms with Gasteiger partial charge in [-0.3, -0.25) is 9.55 Å². The van der Waals surface area contributed by atoms with Crippen LogP contribution >= 0.6 is 11.8 Å². The van der Waals surface area contributed by atoms with Gasteiger partial charge in [-0.25, -0.2) is 4.98 Å². The fourth-order valence-corrected chi connectivity index (χ4v) is 4.52. The molecule has 2 aromatic carbocycles. The zero-order valence-electron chi connectivity index (χ0n) is 17.7. The van der Waals surface area contributed by atoms with Crippen molar-refractivity contribution < 1.29 is 0 Å². The summed E-state index contributed by atoms with van der Waals surface area (Å²) in [4.78, 5) is 8.85. The van der Waals surface area contributed by atoms with Gasteiger partial charge in [0.05, 0.1) is 11.4 Å². The molecule has 0 fully saturated rings. The lowest BCUT2D eigenvalue weighted by molar-refractivity contribution is 0.755. The molecular formula is C25H22N6S. The Labute approximate surface area is 191 Å². The van der Waals surface area contributed by atoms with Gasteiger partial charge < -0.3 is 4.57 Å². The van der Waals surface area contributed by atoms with Crippen LogP contribution in [0.1, 0.15) is 17.0 Å². The maximum absolute atomic E-state index is 4.59. The molecule has 0 aliphatic rings. The van der Waals surface area contributed by atoms with Crippen LogP contribution < -0.4 is 0 Å². The number of imidazole rings is 1. The molecule has 5 aromatic rings. The van der Waals surface area contributed by atoms with E-state index in [0.29, 0.717) is 5.75 Å². The second kappa shape index (κ2) is 9.20.